The minimum atomic E-state index is -3.73. The van der Waals surface area contributed by atoms with Crippen LogP contribution in [0.3, 0.4) is 0 Å². The molecular formula is C28H37F2N5O4S. The molecule has 5 rings (SSSR count). The van der Waals surface area contributed by atoms with E-state index in [1.165, 1.54) is 18.9 Å². The van der Waals surface area contributed by atoms with Crippen LogP contribution in [0.4, 0.5) is 31.5 Å². The van der Waals surface area contributed by atoms with Gasteiger partial charge in [0.05, 0.1) is 29.3 Å². The number of alkyl halides is 2. The van der Waals surface area contributed by atoms with Crippen molar-refractivity contribution in [2.45, 2.75) is 51.0 Å². The number of piperidine rings is 2. The van der Waals surface area contributed by atoms with Crippen LogP contribution in [0, 0.1) is 5.41 Å². The number of halogens is 2. The minimum absolute atomic E-state index is 0.200. The van der Waals surface area contributed by atoms with Gasteiger partial charge in [-0.05, 0) is 67.0 Å². The zero-order chi connectivity index (χ0) is 28.5. The van der Waals surface area contributed by atoms with E-state index < -0.39 is 28.3 Å². The van der Waals surface area contributed by atoms with E-state index in [-0.39, 0.29) is 38.4 Å². The van der Waals surface area contributed by atoms with Gasteiger partial charge in [-0.2, -0.15) is 0 Å². The van der Waals surface area contributed by atoms with Crippen LogP contribution in [0.5, 0.6) is 0 Å². The standard InChI is InChI=1S/C28H37F2N5O4S/c29-28(30)9-13-34(14-10-28)24-17-21(2-1-20(24)19-31)32-26(37)23-4-3-22(33-40(38,39)16-15-36)18-25(23)35-11-7-27(5-6-27)8-12-35/h1-4,17-18,33,36H,5-16,19,31H2,(H,32,37). The van der Waals surface area contributed by atoms with Crippen LogP contribution in [0.15, 0.2) is 36.4 Å². The summed E-state index contributed by atoms with van der Waals surface area (Å²) in [4.78, 5) is 17.6. The van der Waals surface area contributed by atoms with E-state index >= 15 is 0 Å². The molecule has 2 aromatic rings. The Balaban J connectivity index is 1.40. The van der Waals surface area contributed by atoms with E-state index in [0.29, 0.717) is 28.0 Å². The summed E-state index contributed by atoms with van der Waals surface area (Å²) >= 11 is 0. The first-order valence-corrected chi connectivity index (χ1v) is 15.4. The lowest BCUT2D eigenvalue weighted by molar-refractivity contribution is -0.0220. The second-order valence-corrected chi connectivity index (χ2v) is 13.1. The van der Waals surface area contributed by atoms with Crippen molar-refractivity contribution in [2.75, 3.05) is 58.4 Å². The number of sulfonamides is 1. The molecule has 0 unspecified atom stereocenters. The lowest BCUT2D eigenvalue weighted by Gasteiger charge is -2.35. The smallest absolute Gasteiger partial charge is 0.257 e. The summed E-state index contributed by atoms with van der Waals surface area (Å²) in [5.41, 5.74) is 9.76. The predicted molar refractivity (Wildman–Crippen MR) is 153 cm³/mol. The molecule has 2 saturated heterocycles. The van der Waals surface area contributed by atoms with Gasteiger partial charge in [0.25, 0.3) is 11.8 Å². The van der Waals surface area contributed by atoms with E-state index in [0.717, 1.165) is 37.2 Å². The zero-order valence-electron chi connectivity index (χ0n) is 22.5. The molecule has 1 amide bonds. The van der Waals surface area contributed by atoms with Gasteiger partial charge in [-0.25, -0.2) is 17.2 Å². The summed E-state index contributed by atoms with van der Waals surface area (Å²) in [6, 6.07) is 10.1. The highest BCUT2D eigenvalue weighted by molar-refractivity contribution is 7.92. The van der Waals surface area contributed by atoms with Gasteiger partial charge in [0, 0.05) is 56.9 Å². The lowest BCUT2D eigenvalue weighted by Crippen LogP contribution is -2.40. The lowest BCUT2D eigenvalue weighted by atomic mass is 9.93. The van der Waals surface area contributed by atoms with Crippen LogP contribution in [0.25, 0.3) is 0 Å². The number of hydrogen-bond acceptors (Lipinski definition) is 7. The fourth-order valence-electron chi connectivity index (χ4n) is 5.68. The van der Waals surface area contributed by atoms with Crippen molar-refractivity contribution < 1.29 is 27.1 Å². The first-order valence-electron chi connectivity index (χ1n) is 13.8. The Kier molecular flexibility index (Phi) is 7.95. The van der Waals surface area contributed by atoms with E-state index in [2.05, 4.69) is 14.9 Å². The first-order chi connectivity index (χ1) is 19.0. The fourth-order valence-corrected chi connectivity index (χ4v) is 6.51. The Morgan fingerprint density at radius 1 is 0.900 bits per heavy atom. The number of rotatable bonds is 9. The highest BCUT2D eigenvalue weighted by atomic mass is 32.2. The maximum atomic E-state index is 13.7. The molecule has 0 atom stereocenters. The quantitative estimate of drug-likeness (QED) is 0.358. The van der Waals surface area contributed by atoms with Crippen LogP contribution in [-0.4, -0.2) is 63.9 Å². The third-order valence-corrected chi connectivity index (χ3v) is 9.66. The fraction of sp³-hybridized carbons (Fsp3) is 0.536. The number of amides is 1. The predicted octanol–water partition coefficient (Wildman–Crippen LogP) is 3.75. The first kappa shape index (κ1) is 28.6. The third kappa shape index (κ3) is 6.50. The van der Waals surface area contributed by atoms with Crippen molar-refractivity contribution in [3.05, 3.63) is 47.5 Å². The Labute approximate surface area is 233 Å². The van der Waals surface area contributed by atoms with Crippen molar-refractivity contribution in [1.82, 2.24) is 0 Å². The molecule has 3 aliphatic rings. The van der Waals surface area contributed by atoms with Gasteiger partial charge in [0.15, 0.2) is 0 Å². The van der Waals surface area contributed by atoms with Crippen molar-refractivity contribution in [3.63, 3.8) is 0 Å². The largest absolute Gasteiger partial charge is 0.395 e. The van der Waals surface area contributed by atoms with Crippen LogP contribution in [0.2, 0.25) is 0 Å². The molecule has 0 aromatic heterocycles. The summed E-state index contributed by atoms with van der Waals surface area (Å²) in [7, 11) is -3.73. The monoisotopic (exact) mass is 577 g/mol. The van der Waals surface area contributed by atoms with Crippen molar-refractivity contribution in [2.24, 2.45) is 11.1 Å². The second kappa shape index (κ2) is 11.1. The average Bonchev–Trinajstić information content (AvgIpc) is 3.67. The van der Waals surface area contributed by atoms with Gasteiger partial charge in [-0.3, -0.25) is 9.52 Å². The Morgan fingerprint density at radius 3 is 2.12 bits per heavy atom. The number of anilines is 4. The Bertz CT molecular complexity index is 1350. The molecule has 0 bridgehead atoms. The summed E-state index contributed by atoms with van der Waals surface area (Å²) in [6.07, 6.45) is 4.03. The number of nitrogens with two attached hydrogens (primary N) is 1. The second-order valence-electron chi connectivity index (χ2n) is 11.2. The van der Waals surface area contributed by atoms with Crippen LogP contribution >= 0.6 is 0 Å². The van der Waals surface area contributed by atoms with Crippen LogP contribution < -0.4 is 25.6 Å². The summed E-state index contributed by atoms with van der Waals surface area (Å²) in [5.74, 6) is -3.46. The SMILES string of the molecule is NCc1ccc(NC(=O)c2ccc(NS(=O)(=O)CCO)cc2N2CCC3(CC2)CC3)cc1N1CCC(F)(F)CC1. The molecule has 0 radical (unpaired) electrons. The topological polar surface area (TPSA) is 128 Å². The molecule has 2 aliphatic heterocycles. The average molecular weight is 578 g/mol. The van der Waals surface area contributed by atoms with Gasteiger partial charge < -0.3 is 26.0 Å². The molecule has 9 nitrogen and oxygen atoms in total. The third-order valence-electron chi connectivity index (χ3n) is 8.40. The number of carbonyl (C=O) groups is 1. The highest BCUT2D eigenvalue weighted by Crippen LogP contribution is 2.54. The van der Waals surface area contributed by atoms with E-state index in [9.17, 15) is 22.0 Å². The molecule has 1 saturated carbocycles. The number of nitrogens with zero attached hydrogens (tertiary/aromatic N) is 2. The van der Waals surface area contributed by atoms with Crippen LogP contribution in [0.1, 0.15) is 54.4 Å². The molecular weight excluding hydrogens is 540 g/mol. The van der Waals surface area contributed by atoms with Crippen molar-refractivity contribution in [1.29, 1.82) is 0 Å². The molecule has 1 aliphatic carbocycles. The van der Waals surface area contributed by atoms with E-state index in [4.69, 9.17) is 10.8 Å². The number of aliphatic hydroxyl groups is 1. The highest BCUT2D eigenvalue weighted by Gasteiger charge is 2.44. The normalized spacial score (nSPS) is 19.9. The number of aliphatic hydroxyl groups excluding tert-OH is 1. The molecule has 218 valence electrons. The Morgan fingerprint density at radius 2 is 1.50 bits per heavy atom. The van der Waals surface area contributed by atoms with Crippen molar-refractivity contribution >= 4 is 38.7 Å². The van der Waals surface area contributed by atoms with Crippen LogP contribution in [-0.2, 0) is 16.6 Å². The number of hydrogen-bond donors (Lipinski definition) is 4. The summed E-state index contributed by atoms with van der Waals surface area (Å²) < 4.78 is 54.5. The maximum Gasteiger partial charge on any atom is 0.257 e. The Hall–Kier alpha value is -2.96. The van der Waals surface area contributed by atoms with Gasteiger partial charge in [-0.15, -0.1) is 0 Å². The molecule has 2 aromatic carbocycles. The molecule has 40 heavy (non-hydrogen) atoms. The molecule has 5 N–H and O–H groups in total. The number of carbonyl (C=O) groups excluding carboxylic acids is 1. The van der Waals surface area contributed by atoms with E-state index in [1.54, 1.807) is 30.3 Å². The number of nitrogens with one attached hydrogen (secondary N) is 2. The molecule has 12 heteroatoms. The number of benzene rings is 2. The van der Waals surface area contributed by atoms with E-state index in [1.807, 2.05) is 4.90 Å². The van der Waals surface area contributed by atoms with Gasteiger partial charge >= 0.3 is 0 Å². The maximum absolute atomic E-state index is 13.7. The summed E-state index contributed by atoms with van der Waals surface area (Å²) in [5, 5.41) is 12.0. The summed E-state index contributed by atoms with van der Waals surface area (Å²) in [6.45, 7) is 1.67. The molecule has 1 spiro atoms. The molecule has 3 fully saturated rings. The van der Waals surface area contributed by atoms with Crippen molar-refractivity contribution in [3.8, 4) is 0 Å². The zero-order valence-corrected chi connectivity index (χ0v) is 23.3. The van der Waals surface area contributed by atoms with Gasteiger partial charge in [0.1, 0.15) is 0 Å². The van der Waals surface area contributed by atoms with Gasteiger partial charge in [-0.1, -0.05) is 6.07 Å². The molecule has 2 heterocycles. The minimum Gasteiger partial charge on any atom is -0.395 e. The van der Waals surface area contributed by atoms with Gasteiger partial charge in [0.2, 0.25) is 10.0 Å².